The van der Waals surface area contributed by atoms with Crippen molar-refractivity contribution in [2.45, 2.75) is 77.7 Å². The zero-order valence-corrected chi connectivity index (χ0v) is 11.5. The molecule has 1 aliphatic rings. The summed E-state index contributed by atoms with van der Waals surface area (Å²) in [5.74, 6) is 1.07. The lowest BCUT2D eigenvalue weighted by Crippen LogP contribution is -2.12. The van der Waals surface area contributed by atoms with Gasteiger partial charge in [0, 0.05) is 19.4 Å². The number of ketones is 1. The molecule has 2 nitrogen and oxygen atoms in total. The van der Waals surface area contributed by atoms with Gasteiger partial charge < -0.3 is 4.74 Å². The summed E-state index contributed by atoms with van der Waals surface area (Å²) in [6.45, 7) is 5.31. The Balaban J connectivity index is 2.12. The molecule has 1 rings (SSSR count). The molecule has 0 spiro atoms. The highest BCUT2D eigenvalue weighted by atomic mass is 16.5. The molecule has 1 aliphatic heterocycles. The molecule has 0 N–H and O–H groups in total. The van der Waals surface area contributed by atoms with Gasteiger partial charge in [0.25, 0.3) is 0 Å². The van der Waals surface area contributed by atoms with Gasteiger partial charge in [0.05, 0.1) is 6.10 Å². The smallest absolute Gasteiger partial charge is 0.133 e. The number of hydrogen-bond donors (Lipinski definition) is 0. The first-order valence-electron chi connectivity index (χ1n) is 7.39. The van der Waals surface area contributed by atoms with Gasteiger partial charge in [-0.2, -0.15) is 0 Å². The number of Topliss-reactive ketones (excluding diaryl/α,β-unsaturated/α-hetero) is 1. The molecule has 0 aromatic rings. The highest BCUT2D eigenvalue weighted by Gasteiger charge is 2.18. The van der Waals surface area contributed by atoms with Crippen LogP contribution in [0.2, 0.25) is 0 Å². The zero-order chi connectivity index (χ0) is 12.5. The van der Waals surface area contributed by atoms with Crippen LogP contribution in [0.1, 0.15) is 71.6 Å². The van der Waals surface area contributed by atoms with Gasteiger partial charge in [-0.15, -0.1) is 0 Å². The fraction of sp³-hybridized carbons (Fsp3) is 0.933. The van der Waals surface area contributed by atoms with Crippen LogP contribution in [0.5, 0.6) is 0 Å². The Hall–Kier alpha value is -0.370. The molecule has 0 aromatic carbocycles. The maximum absolute atomic E-state index is 11.9. The van der Waals surface area contributed by atoms with Gasteiger partial charge in [0.1, 0.15) is 5.78 Å². The first kappa shape index (κ1) is 14.7. The predicted octanol–water partition coefficient (Wildman–Crippen LogP) is 4.12. The molecule has 0 aliphatic carbocycles. The fourth-order valence-electron chi connectivity index (χ4n) is 2.56. The molecular weight excluding hydrogens is 212 g/mol. The molecule has 1 heterocycles. The van der Waals surface area contributed by atoms with Crippen molar-refractivity contribution in [3.05, 3.63) is 0 Å². The van der Waals surface area contributed by atoms with E-state index in [9.17, 15) is 4.79 Å². The number of ether oxygens (including phenoxy) is 1. The second-order valence-corrected chi connectivity index (χ2v) is 5.33. The summed E-state index contributed by atoms with van der Waals surface area (Å²) in [5, 5.41) is 0. The van der Waals surface area contributed by atoms with Gasteiger partial charge in [0.15, 0.2) is 0 Å². The van der Waals surface area contributed by atoms with Crippen LogP contribution in [-0.2, 0) is 9.53 Å². The van der Waals surface area contributed by atoms with E-state index in [0.29, 0.717) is 17.8 Å². The minimum Gasteiger partial charge on any atom is -0.378 e. The second kappa shape index (κ2) is 8.68. The molecule has 2 unspecified atom stereocenters. The van der Waals surface area contributed by atoms with Crippen molar-refractivity contribution in [2.75, 3.05) is 6.61 Å². The standard InChI is InChI=1S/C15H28O2/c1-3-5-7-13(4-2)12-14(16)9-10-15-8-6-11-17-15/h13,15H,3-12H2,1-2H3. The Morgan fingerprint density at radius 3 is 2.82 bits per heavy atom. The number of rotatable bonds is 9. The molecule has 2 heteroatoms. The summed E-state index contributed by atoms with van der Waals surface area (Å²) >= 11 is 0. The molecule has 0 aromatic heterocycles. The van der Waals surface area contributed by atoms with Gasteiger partial charge in [-0.1, -0.05) is 39.5 Å². The van der Waals surface area contributed by atoms with Gasteiger partial charge >= 0.3 is 0 Å². The topological polar surface area (TPSA) is 26.3 Å². The summed E-state index contributed by atoms with van der Waals surface area (Å²) in [6.07, 6.45) is 10.0. The van der Waals surface area contributed by atoms with Crippen molar-refractivity contribution in [1.82, 2.24) is 0 Å². The molecule has 100 valence electrons. The van der Waals surface area contributed by atoms with Crippen molar-refractivity contribution in [1.29, 1.82) is 0 Å². The van der Waals surface area contributed by atoms with E-state index in [1.54, 1.807) is 0 Å². The number of hydrogen-bond acceptors (Lipinski definition) is 2. The Morgan fingerprint density at radius 2 is 2.24 bits per heavy atom. The van der Waals surface area contributed by atoms with E-state index in [1.807, 2.05) is 0 Å². The average Bonchev–Trinajstić information content (AvgIpc) is 2.85. The van der Waals surface area contributed by atoms with E-state index in [4.69, 9.17) is 4.74 Å². The van der Waals surface area contributed by atoms with Crippen LogP contribution in [0.15, 0.2) is 0 Å². The summed E-state index contributed by atoms with van der Waals surface area (Å²) in [7, 11) is 0. The minimum absolute atomic E-state index is 0.370. The minimum atomic E-state index is 0.370. The van der Waals surface area contributed by atoms with Crippen molar-refractivity contribution in [3.63, 3.8) is 0 Å². The average molecular weight is 240 g/mol. The summed E-state index contributed by atoms with van der Waals surface area (Å²) in [6, 6.07) is 0. The molecule has 0 saturated carbocycles. The lowest BCUT2D eigenvalue weighted by Gasteiger charge is -2.14. The molecule has 0 radical (unpaired) electrons. The van der Waals surface area contributed by atoms with Gasteiger partial charge in [0.2, 0.25) is 0 Å². The Morgan fingerprint density at radius 1 is 1.41 bits per heavy atom. The van der Waals surface area contributed by atoms with Crippen LogP contribution in [0.25, 0.3) is 0 Å². The molecule has 0 amide bonds. The van der Waals surface area contributed by atoms with Gasteiger partial charge in [-0.3, -0.25) is 4.79 Å². The number of carbonyl (C=O) groups excluding carboxylic acids is 1. The normalized spacial score (nSPS) is 21.6. The lowest BCUT2D eigenvalue weighted by atomic mass is 9.92. The van der Waals surface area contributed by atoms with Crippen LogP contribution in [0, 0.1) is 5.92 Å². The van der Waals surface area contributed by atoms with Crippen molar-refractivity contribution in [3.8, 4) is 0 Å². The van der Waals surface area contributed by atoms with Crippen molar-refractivity contribution >= 4 is 5.78 Å². The highest BCUT2D eigenvalue weighted by Crippen LogP contribution is 2.21. The Kier molecular flexibility index (Phi) is 7.50. The van der Waals surface area contributed by atoms with E-state index in [1.165, 1.54) is 25.7 Å². The fourth-order valence-corrected chi connectivity index (χ4v) is 2.56. The third-order valence-corrected chi connectivity index (χ3v) is 3.83. The van der Waals surface area contributed by atoms with Gasteiger partial charge in [-0.25, -0.2) is 0 Å². The predicted molar refractivity (Wildman–Crippen MR) is 71.1 cm³/mol. The Labute approximate surface area is 106 Å². The Bertz CT molecular complexity index is 207. The molecule has 1 fully saturated rings. The molecule has 2 atom stereocenters. The second-order valence-electron chi connectivity index (χ2n) is 5.33. The highest BCUT2D eigenvalue weighted by molar-refractivity contribution is 5.78. The largest absolute Gasteiger partial charge is 0.378 e. The van der Waals surface area contributed by atoms with Crippen molar-refractivity contribution < 1.29 is 9.53 Å². The first-order valence-corrected chi connectivity index (χ1v) is 7.39. The maximum Gasteiger partial charge on any atom is 0.133 e. The quantitative estimate of drug-likeness (QED) is 0.606. The number of unbranched alkanes of at least 4 members (excludes halogenated alkanes) is 1. The van der Waals surface area contributed by atoms with Crippen LogP contribution < -0.4 is 0 Å². The third kappa shape index (κ3) is 6.21. The van der Waals surface area contributed by atoms with E-state index in [0.717, 1.165) is 38.7 Å². The van der Waals surface area contributed by atoms with E-state index in [2.05, 4.69) is 13.8 Å². The third-order valence-electron chi connectivity index (χ3n) is 3.83. The monoisotopic (exact) mass is 240 g/mol. The van der Waals surface area contributed by atoms with E-state index < -0.39 is 0 Å². The van der Waals surface area contributed by atoms with E-state index >= 15 is 0 Å². The summed E-state index contributed by atoms with van der Waals surface area (Å²) in [5.41, 5.74) is 0. The SMILES string of the molecule is CCCCC(CC)CC(=O)CCC1CCCO1. The van der Waals surface area contributed by atoms with Crippen LogP contribution >= 0.6 is 0 Å². The molecule has 1 saturated heterocycles. The van der Waals surface area contributed by atoms with Gasteiger partial charge in [-0.05, 0) is 25.2 Å². The van der Waals surface area contributed by atoms with Crippen LogP contribution in [0.3, 0.4) is 0 Å². The molecular formula is C15H28O2. The first-order chi connectivity index (χ1) is 8.26. The summed E-state index contributed by atoms with van der Waals surface area (Å²) in [4.78, 5) is 11.9. The summed E-state index contributed by atoms with van der Waals surface area (Å²) < 4.78 is 5.55. The van der Waals surface area contributed by atoms with E-state index in [-0.39, 0.29) is 0 Å². The van der Waals surface area contributed by atoms with Crippen molar-refractivity contribution in [2.24, 2.45) is 5.92 Å². The zero-order valence-electron chi connectivity index (χ0n) is 11.5. The lowest BCUT2D eigenvalue weighted by molar-refractivity contribution is -0.120. The molecule has 17 heavy (non-hydrogen) atoms. The van der Waals surface area contributed by atoms with Crippen LogP contribution in [0.4, 0.5) is 0 Å². The molecule has 0 bridgehead atoms. The maximum atomic E-state index is 11.9. The van der Waals surface area contributed by atoms with Crippen LogP contribution in [-0.4, -0.2) is 18.5 Å². The number of carbonyl (C=O) groups is 1.